The van der Waals surface area contributed by atoms with E-state index in [4.69, 9.17) is 5.11 Å². The van der Waals surface area contributed by atoms with Gasteiger partial charge in [0.05, 0.1) is 0 Å². The van der Waals surface area contributed by atoms with E-state index < -0.39 is 23.9 Å². The normalized spacial score (nSPS) is 9.44. The zero-order valence-corrected chi connectivity index (χ0v) is 9.16. The highest BCUT2D eigenvalue weighted by Crippen LogP contribution is 1.91. The molecule has 0 saturated heterocycles. The largest absolute Gasteiger partial charge is 0.478 e. The quantitative estimate of drug-likeness (QED) is 0.446. The van der Waals surface area contributed by atoms with E-state index in [0.717, 1.165) is 0 Å². The maximum atomic E-state index is 11.2. The third-order valence-corrected chi connectivity index (χ3v) is 1.57. The van der Waals surface area contributed by atoms with Gasteiger partial charge in [-0.3, -0.25) is 9.59 Å². The zero-order valence-electron chi connectivity index (χ0n) is 9.16. The average molecular weight is 226 g/mol. The number of carboxylic acid groups (broad SMARTS) is 1. The molecule has 6 nitrogen and oxygen atoms in total. The fourth-order valence-corrected chi connectivity index (χ4v) is 0.668. The second kappa shape index (κ2) is 5.69. The first-order valence-electron chi connectivity index (χ1n) is 4.41. The summed E-state index contributed by atoms with van der Waals surface area (Å²) in [5.74, 6) is -2.66. The smallest absolute Gasteiger partial charge is 0.347 e. The number of rotatable bonds is 5. The molecule has 0 saturated carbocycles. The van der Waals surface area contributed by atoms with Crippen molar-refractivity contribution >= 4 is 17.8 Å². The molecule has 0 bridgehead atoms. The van der Waals surface area contributed by atoms with Crippen LogP contribution in [-0.2, 0) is 14.4 Å². The van der Waals surface area contributed by atoms with E-state index in [0.29, 0.717) is 0 Å². The molecule has 0 unspecified atom stereocenters. The molecule has 0 heterocycles. The highest BCUT2D eigenvalue weighted by atomic mass is 16.4. The number of hydrogen-bond donors (Lipinski definition) is 3. The van der Waals surface area contributed by atoms with E-state index in [2.05, 4.69) is 23.8 Å². The Bertz CT molecular complexity index is 332. The van der Waals surface area contributed by atoms with Crippen LogP contribution in [0.5, 0.6) is 0 Å². The first-order chi connectivity index (χ1) is 7.25. The van der Waals surface area contributed by atoms with Crippen molar-refractivity contribution in [3.8, 4) is 0 Å². The third-order valence-electron chi connectivity index (χ3n) is 1.57. The molecule has 16 heavy (non-hydrogen) atoms. The Hall–Kier alpha value is -2.11. The number of hydrogen-bond acceptors (Lipinski definition) is 3. The minimum Gasteiger partial charge on any atom is -0.478 e. The van der Waals surface area contributed by atoms with Crippen LogP contribution in [0.1, 0.15) is 13.8 Å². The molecule has 0 spiro atoms. The molecule has 0 atom stereocenters. The monoisotopic (exact) mass is 226 g/mol. The lowest BCUT2D eigenvalue weighted by Crippen LogP contribution is -2.53. The Kier molecular flexibility index (Phi) is 4.94. The number of nitrogens with one attached hydrogen (secondary N) is 2. The van der Waals surface area contributed by atoms with Crippen LogP contribution in [0.3, 0.4) is 0 Å². The summed E-state index contributed by atoms with van der Waals surface area (Å²) in [6.45, 7) is 9.54. The van der Waals surface area contributed by atoms with Gasteiger partial charge in [-0.15, -0.1) is 0 Å². The second-order valence-electron chi connectivity index (χ2n) is 3.28. The summed E-state index contributed by atoms with van der Waals surface area (Å²) in [6.07, 6.45) is -1.49. The number of aliphatic carboxylic acids is 1. The Balaban J connectivity index is 4.58. The predicted molar refractivity (Wildman–Crippen MR) is 57.3 cm³/mol. The van der Waals surface area contributed by atoms with Gasteiger partial charge >= 0.3 is 5.97 Å². The van der Waals surface area contributed by atoms with Crippen molar-refractivity contribution in [3.05, 3.63) is 24.3 Å². The predicted octanol–water partition coefficient (Wildman–Crippen LogP) is -0.218. The molecule has 0 aromatic rings. The Labute approximate surface area is 93.0 Å². The molecule has 88 valence electrons. The molecule has 0 aromatic carbocycles. The van der Waals surface area contributed by atoms with Crippen LogP contribution in [0.15, 0.2) is 24.3 Å². The Morgan fingerprint density at radius 2 is 1.31 bits per heavy atom. The SMILES string of the molecule is C=C(C)C(=O)NC(NC(=O)C(=C)C)C(=O)O. The lowest BCUT2D eigenvalue weighted by molar-refractivity contribution is -0.144. The summed E-state index contributed by atoms with van der Waals surface area (Å²) in [6, 6.07) is 0. The minimum atomic E-state index is -1.49. The molecule has 0 aliphatic carbocycles. The van der Waals surface area contributed by atoms with Crippen LogP contribution < -0.4 is 10.6 Å². The van der Waals surface area contributed by atoms with E-state index >= 15 is 0 Å². The standard InChI is InChI=1S/C10H14N2O4/c1-5(2)8(13)11-7(10(15)16)12-9(14)6(3)4/h7H,1,3H2,2,4H3,(H,11,13)(H,12,14)(H,15,16). The summed E-state index contributed by atoms with van der Waals surface area (Å²) in [7, 11) is 0. The van der Waals surface area contributed by atoms with Gasteiger partial charge in [-0.2, -0.15) is 0 Å². The van der Waals surface area contributed by atoms with Crippen LogP contribution in [0.4, 0.5) is 0 Å². The van der Waals surface area contributed by atoms with Gasteiger partial charge in [-0.25, -0.2) is 4.79 Å². The van der Waals surface area contributed by atoms with Gasteiger partial charge in [0, 0.05) is 11.1 Å². The lowest BCUT2D eigenvalue weighted by atomic mass is 10.3. The summed E-state index contributed by atoms with van der Waals surface area (Å²) < 4.78 is 0. The minimum absolute atomic E-state index is 0.149. The molecule has 0 rings (SSSR count). The fourth-order valence-electron chi connectivity index (χ4n) is 0.668. The molecule has 0 fully saturated rings. The molecular formula is C10H14N2O4. The van der Waals surface area contributed by atoms with Crippen molar-refractivity contribution in [2.75, 3.05) is 0 Å². The summed E-state index contributed by atoms with van der Waals surface area (Å²) in [4.78, 5) is 33.0. The first kappa shape index (κ1) is 13.9. The van der Waals surface area contributed by atoms with E-state index in [9.17, 15) is 14.4 Å². The molecule has 0 aliphatic heterocycles. The van der Waals surface area contributed by atoms with Crippen LogP contribution in [0.25, 0.3) is 0 Å². The van der Waals surface area contributed by atoms with Crippen LogP contribution in [0, 0.1) is 0 Å². The Morgan fingerprint density at radius 1 is 1.00 bits per heavy atom. The fraction of sp³-hybridized carbons (Fsp3) is 0.300. The van der Waals surface area contributed by atoms with Crippen molar-refractivity contribution in [1.82, 2.24) is 10.6 Å². The van der Waals surface area contributed by atoms with Gasteiger partial charge < -0.3 is 15.7 Å². The number of amides is 2. The lowest BCUT2D eigenvalue weighted by Gasteiger charge is -2.15. The zero-order chi connectivity index (χ0) is 12.9. The van der Waals surface area contributed by atoms with Crippen LogP contribution in [0.2, 0.25) is 0 Å². The van der Waals surface area contributed by atoms with Gasteiger partial charge in [-0.1, -0.05) is 13.2 Å². The molecule has 2 amide bonds. The highest BCUT2D eigenvalue weighted by Gasteiger charge is 2.22. The van der Waals surface area contributed by atoms with Gasteiger partial charge in [-0.05, 0) is 13.8 Å². The van der Waals surface area contributed by atoms with Gasteiger partial charge in [0.2, 0.25) is 18.0 Å². The van der Waals surface area contributed by atoms with Crippen LogP contribution >= 0.6 is 0 Å². The molecule has 3 N–H and O–H groups in total. The van der Waals surface area contributed by atoms with E-state index in [1.807, 2.05) is 0 Å². The number of carbonyl (C=O) groups excluding carboxylic acids is 2. The molecular weight excluding hydrogens is 212 g/mol. The summed E-state index contributed by atoms with van der Waals surface area (Å²) in [5, 5.41) is 12.9. The maximum Gasteiger partial charge on any atom is 0.347 e. The van der Waals surface area contributed by atoms with Crippen molar-refractivity contribution in [2.24, 2.45) is 0 Å². The maximum absolute atomic E-state index is 11.2. The molecule has 0 aromatic heterocycles. The van der Waals surface area contributed by atoms with E-state index in [1.165, 1.54) is 13.8 Å². The summed E-state index contributed by atoms with van der Waals surface area (Å²) >= 11 is 0. The molecule has 0 radical (unpaired) electrons. The van der Waals surface area contributed by atoms with E-state index in [-0.39, 0.29) is 11.1 Å². The van der Waals surface area contributed by atoms with Gasteiger partial charge in [0.1, 0.15) is 0 Å². The van der Waals surface area contributed by atoms with Gasteiger partial charge in [0.15, 0.2) is 0 Å². The Morgan fingerprint density at radius 3 is 1.50 bits per heavy atom. The molecule has 0 aliphatic rings. The van der Waals surface area contributed by atoms with Crippen LogP contribution in [-0.4, -0.2) is 29.1 Å². The van der Waals surface area contributed by atoms with Crippen molar-refractivity contribution < 1.29 is 19.5 Å². The third kappa shape index (κ3) is 4.41. The van der Waals surface area contributed by atoms with Crippen molar-refractivity contribution in [1.29, 1.82) is 0 Å². The van der Waals surface area contributed by atoms with Crippen molar-refractivity contribution in [3.63, 3.8) is 0 Å². The average Bonchev–Trinajstić information content (AvgIpc) is 2.15. The topological polar surface area (TPSA) is 95.5 Å². The second-order valence-corrected chi connectivity index (χ2v) is 3.28. The van der Waals surface area contributed by atoms with Gasteiger partial charge in [0.25, 0.3) is 0 Å². The summed E-state index contributed by atoms with van der Waals surface area (Å²) in [5.41, 5.74) is 0.298. The number of carbonyl (C=O) groups is 3. The first-order valence-corrected chi connectivity index (χ1v) is 4.41. The molecule has 6 heteroatoms. The van der Waals surface area contributed by atoms with E-state index in [1.54, 1.807) is 0 Å². The highest BCUT2D eigenvalue weighted by molar-refractivity contribution is 5.98. The number of carboxylic acids is 1. The van der Waals surface area contributed by atoms with Crippen molar-refractivity contribution in [2.45, 2.75) is 20.0 Å².